The Morgan fingerprint density at radius 3 is 2.56 bits per heavy atom. The highest BCUT2D eigenvalue weighted by molar-refractivity contribution is 5.99. The van der Waals surface area contributed by atoms with E-state index in [1.165, 1.54) is 12.1 Å². The van der Waals surface area contributed by atoms with E-state index in [4.69, 9.17) is 5.73 Å². The molecule has 96 valence electrons. The average molecular weight is 249 g/mol. The van der Waals surface area contributed by atoms with Crippen LogP contribution in [0.3, 0.4) is 0 Å². The largest absolute Gasteiger partial charge is 0.319 e. The summed E-state index contributed by atoms with van der Waals surface area (Å²) < 4.78 is 0. The lowest BCUT2D eigenvalue weighted by atomic mass is 9.98. The molecule has 1 saturated carbocycles. The topological polar surface area (TPSA) is 98.3 Å². The van der Waals surface area contributed by atoms with E-state index in [9.17, 15) is 14.9 Å². The fraction of sp³-hybridized carbons (Fsp3) is 0.417. The first kappa shape index (κ1) is 12.5. The second-order valence-electron chi connectivity index (χ2n) is 4.59. The summed E-state index contributed by atoms with van der Waals surface area (Å²) in [5.41, 5.74) is 5.19. The van der Waals surface area contributed by atoms with Gasteiger partial charge >= 0.3 is 0 Å². The molecular weight excluding hydrogens is 234 g/mol. The van der Waals surface area contributed by atoms with Crippen molar-refractivity contribution in [1.29, 1.82) is 0 Å². The summed E-state index contributed by atoms with van der Waals surface area (Å²) in [6, 6.07) is 6.06. The van der Waals surface area contributed by atoms with Crippen molar-refractivity contribution < 1.29 is 9.72 Å². The molecule has 1 aromatic carbocycles. The SMILES string of the molecule is NC1(C(=O)Nc2ccccc2[N+](=O)[O-])CCCC1. The molecule has 0 saturated heterocycles. The summed E-state index contributed by atoms with van der Waals surface area (Å²) in [7, 11) is 0. The molecule has 0 radical (unpaired) electrons. The van der Waals surface area contributed by atoms with Gasteiger partial charge in [-0.05, 0) is 18.9 Å². The van der Waals surface area contributed by atoms with Gasteiger partial charge in [0, 0.05) is 6.07 Å². The Morgan fingerprint density at radius 1 is 1.33 bits per heavy atom. The highest BCUT2D eigenvalue weighted by Crippen LogP contribution is 2.30. The Bertz CT molecular complexity index is 481. The number of nitro benzene ring substituents is 1. The van der Waals surface area contributed by atoms with Gasteiger partial charge in [0.25, 0.3) is 5.69 Å². The van der Waals surface area contributed by atoms with Crippen LogP contribution in [0.25, 0.3) is 0 Å². The monoisotopic (exact) mass is 249 g/mol. The Balaban J connectivity index is 2.19. The zero-order valence-corrected chi connectivity index (χ0v) is 9.89. The second-order valence-corrected chi connectivity index (χ2v) is 4.59. The van der Waals surface area contributed by atoms with E-state index < -0.39 is 10.5 Å². The Morgan fingerprint density at radius 2 is 1.94 bits per heavy atom. The Hall–Kier alpha value is -1.95. The van der Waals surface area contributed by atoms with Crippen LogP contribution in [0.1, 0.15) is 25.7 Å². The van der Waals surface area contributed by atoms with Gasteiger partial charge in [0.05, 0.1) is 10.5 Å². The molecule has 0 spiro atoms. The number of hydrogen-bond acceptors (Lipinski definition) is 4. The second kappa shape index (κ2) is 4.73. The van der Waals surface area contributed by atoms with Crippen molar-refractivity contribution in [3.05, 3.63) is 34.4 Å². The third-order valence-electron chi connectivity index (χ3n) is 3.30. The van der Waals surface area contributed by atoms with Crippen LogP contribution in [-0.2, 0) is 4.79 Å². The Labute approximate surface area is 104 Å². The maximum absolute atomic E-state index is 12.1. The molecular formula is C12H15N3O3. The van der Waals surface area contributed by atoms with Gasteiger partial charge in [-0.3, -0.25) is 14.9 Å². The zero-order chi connectivity index (χ0) is 13.2. The van der Waals surface area contributed by atoms with Crippen LogP contribution < -0.4 is 11.1 Å². The van der Waals surface area contributed by atoms with Gasteiger partial charge in [-0.25, -0.2) is 0 Å². The van der Waals surface area contributed by atoms with E-state index >= 15 is 0 Å². The molecule has 0 aliphatic heterocycles. The minimum Gasteiger partial charge on any atom is -0.319 e. The van der Waals surface area contributed by atoms with Crippen LogP contribution in [0.5, 0.6) is 0 Å². The van der Waals surface area contributed by atoms with Gasteiger partial charge in [0.1, 0.15) is 5.69 Å². The molecule has 0 unspecified atom stereocenters. The number of benzene rings is 1. The predicted molar refractivity (Wildman–Crippen MR) is 67.1 cm³/mol. The quantitative estimate of drug-likeness (QED) is 0.630. The van der Waals surface area contributed by atoms with E-state index in [0.717, 1.165) is 12.8 Å². The van der Waals surface area contributed by atoms with Gasteiger partial charge in [0.15, 0.2) is 0 Å². The normalized spacial score (nSPS) is 17.4. The van der Waals surface area contributed by atoms with E-state index in [2.05, 4.69) is 5.32 Å². The summed E-state index contributed by atoms with van der Waals surface area (Å²) in [6.45, 7) is 0. The molecule has 3 N–H and O–H groups in total. The number of nitrogens with one attached hydrogen (secondary N) is 1. The van der Waals surface area contributed by atoms with E-state index in [1.807, 2.05) is 0 Å². The van der Waals surface area contributed by atoms with Crippen LogP contribution in [0, 0.1) is 10.1 Å². The highest BCUT2D eigenvalue weighted by atomic mass is 16.6. The van der Waals surface area contributed by atoms with Gasteiger partial charge in [-0.2, -0.15) is 0 Å². The molecule has 1 fully saturated rings. The minimum absolute atomic E-state index is 0.118. The number of amides is 1. The lowest BCUT2D eigenvalue weighted by molar-refractivity contribution is -0.383. The molecule has 1 aliphatic rings. The molecule has 6 heteroatoms. The van der Waals surface area contributed by atoms with Gasteiger partial charge in [-0.15, -0.1) is 0 Å². The summed E-state index contributed by atoms with van der Waals surface area (Å²) in [5, 5.41) is 13.4. The van der Waals surface area contributed by atoms with Crippen molar-refractivity contribution in [3.63, 3.8) is 0 Å². The highest BCUT2D eigenvalue weighted by Gasteiger charge is 2.37. The third-order valence-corrected chi connectivity index (χ3v) is 3.30. The Kier molecular flexibility index (Phi) is 3.29. The number of carbonyl (C=O) groups is 1. The van der Waals surface area contributed by atoms with Crippen LogP contribution in [0.15, 0.2) is 24.3 Å². The average Bonchev–Trinajstić information content (AvgIpc) is 2.78. The van der Waals surface area contributed by atoms with Crippen molar-refractivity contribution in [1.82, 2.24) is 0 Å². The molecule has 0 aromatic heterocycles. The number of carbonyl (C=O) groups excluding carboxylic acids is 1. The summed E-state index contributed by atoms with van der Waals surface area (Å²) in [4.78, 5) is 22.4. The summed E-state index contributed by atoms with van der Waals surface area (Å²) in [5.74, 6) is -0.339. The molecule has 0 atom stereocenters. The molecule has 0 bridgehead atoms. The number of nitrogens with zero attached hydrogens (tertiary/aromatic N) is 1. The fourth-order valence-corrected chi connectivity index (χ4v) is 2.22. The maximum Gasteiger partial charge on any atom is 0.292 e. The van der Waals surface area contributed by atoms with Gasteiger partial charge in [0.2, 0.25) is 5.91 Å². The van der Waals surface area contributed by atoms with Gasteiger partial charge in [-0.1, -0.05) is 25.0 Å². The molecule has 18 heavy (non-hydrogen) atoms. The van der Waals surface area contributed by atoms with Crippen molar-refractivity contribution in [3.8, 4) is 0 Å². The number of anilines is 1. The van der Waals surface area contributed by atoms with Crippen molar-refractivity contribution in [2.24, 2.45) is 5.73 Å². The molecule has 0 heterocycles. The molecule has 6 nitrogen and oxygen atoms in total. The first-order valence-corrected chi connectivity index (χ1v) is 5.87. The number of nitro groups is 1. The number of rotatable bonds is 3. The fourth-order valence-electron chi connectivity index (χ4n) is 2.22. The van der Waals surface area contributed by atoms with Crippen molar-refractivity contribution >= 4 is 17.3 Å². The smallest absolute Gasteiger partial charge is 0.292 e. The lowest BCUT2D eigenvalue weighted by Crippen LogP contribution is -2.48. The summed E-state index contributed by atoms with van der Waals surface area (Å²) >= 11 is 0. The number of para-hydroxylation sites is 2. The molecule has 1 aliphatic carbocycles. The van der Waals surface area contributed by atoms with E-state index in [0.29, 0.717) is 12.8 Å². The van der Waals surface area contributed by atoms with Crippen LogP contribution >= 0.6 is 0 Å². The predicted octanol–water partition coefficient (Wildman–Crippen LogP) is 1.80. The molecule has 1 aromatic rings. The van der Waals surface area contributed by atoms with E-state index in [-0.39, 0.29) is 17.3 Å². The van der Waals surface area contributed by atoms with Crippen LogP contribution in [0.2, 0.25) is 0 Å². The van der Waals surface area contributed by atoms with Crippen molar-refractivity contribution in [2.75, 3.05) is 5.32 Å². The molecule has 1 amide bonds. The third kappa shape index (κ3) is 2.33. The first-order chi connectivity index (χ1) is 8.53. The lowest BCUT2D eigenvalue weighted by Gasteiger charge is -2.22. The maximum atomic E-state index is 12.1. The molecule has 2 rings (SSSR count). The van der Waals surface area contributed by atoms with E-state index in [1.54, 1.807) is 12.1 Å². The number of nitrogens with two attached hydrogens (primary N) is 1. The summed E-state index contributed by atoms with van der Waals surface area (Å²) in [6.07, 6.45) is 3.08. The van der Waals surface area contributed by atoms with Crippen LogP contribution in [-0.4, -0.2) is 16.4 Å². The van der Waals surface area contributed by atoms with Crippen molar-refractivity contribution in [2.45, 2.75) is 31.2 Å². The standard InChI is InChI=1S/C12H15N3O3/c13-12(7-3-4-8-12)11(16)14-9-5-1-2-6-10(9)15(17)18/h1-2,5-6H,3-4,7-8,13H2,(H,14,16). The number of hydrogen-bond donors (Lipinski definition) is 2. The minimum atomic E-state index is -0.885. The van der Waals surface area contributed by atoms with Crippen LogP contribution in [0.4, 0.5) is 11.4 Å². The zero-order valence-electron chi connectivity index (χ0n) is 9.89. The van der Waals surface area contributed by atoms with Gasteiger partial charge < -0.3 is 11.1 Å². The first-order valence-electron chi connectivity index (χ1n) is 5.87.